The molecule has 1 rings (SSSR count). The van der Waals surface area contributed by atoms with Crippen molar-refractivity contribution in [2.75, 3.05) is 24.6 Å². The molecule has 0 spiro atoms. The van der Waals surface area contributed by atoms with Crippen LogP contribution in [0.3, 0.4) is 0 Å². The van der Waals surface area contributed by atoms with E-state index in [9.17, 15) is 9.59 Å². The van der Waals surface area contributed by atoms with Gasteiger partial charge in [-0.2, -0.15) is 0 Å². The molecule has 0 aliphatic heterocycles. The van der Waals surface area contributed by atoms with E-state index in [1.54, 1.807) is 13.8 Å². The lowest BCUT2D eigenvalue weighted by atomic mass is 10.1. The Morgan fingerprint density at radius 3 is 2.52 bits per heavy atom. The Kier molecular flexibility index (Phi) is 6.68. The van der Waals surface area contributed by atoms with E-state index in [1.165, 1.54) is 11.3 Å². The quantitative estimate of drug-likeness (QED) is 0.747. The highest BCUT2D eigenvalue weighted by molar-refractivity contribution is 7.16. The van der Waals surface area contributed by atoms with Gasteiger partial charge in [0, 0.05) is 18.0 Å². The third kappa shape index (κ3) is 4.46. The topological polar surface area (TPSA) is 66.8 Å². The number of aliphatic carboxylic acids is 1. The summed E-state index contributed by atoms with van der Waals surface area (Å²) in [5.41, 5.74) is 0.540. The smallest absolute Gasteiger partial charge is 0.341 e. The van der Waals surface area contributed by atoms with E-state index in [2.05, 4.69) is 0 Å². The summed E-state index contributed by atoms with van der Waals surface area (Å²) >= 11 is 1.53. The molecule has 0 aliphatic rings. The van der Waals surface area contributed by atoms with Crippen molar-refractivity contribution in [1.82, 2.24) is 0 Å². The van der Waals surface area contributed by atoms with E-state index >= 15 is 0 Å². The summed E-state index contributed by atoms with van der Waals surface area (Å²) in [5.74, 6) is -1.67. The predicted molar refractivity (Wildman–Crippen MR) is 84.3 cm³/mol. The molecule has 0 aromatic carbocycles. The zero-order chi connectivity index (χ0) is 16.0. The summed E-state index contributed by atoms with van der Waals surface area (Å²) in [6.45, 7) is 8.77. The second-order valence-electron chi connectivity index (χ2n) is 4.78. The number of carboxylic acid groups (broad SMARTS) is 1. The fourth-order valence-electron chi connectivity index (χ4n) is 1.96. The number of ether oxygens (including phenoxy) is 1. The van der Waals surface area contributed by atoms with Crippen LogP contribution < -0.4 is 4.90 Å². The Labute approximate surface area is 129 Å². The highest BCUT2D eigenvalue weighted by Crippen LogP contribution is 2.33. The molecular weight excluding hydrogens is 290 g/mol. The maximum absolute atomic E-state index is 12.1. The van der Waals surface area contributed by atoms with Crippen molar-refractivity contribution in [3.8, 4) is 0 Å². The van der Waals surface area contributed by atoms with Gasteiger partial charge in [0.2, 0.25) is 0 Å². The second-order valence-corrected chi connectivity index (χ2v) is 5.90. The van der Waals surface area contributed by atoms with Crippen LogP contribution in [0.25, 0.3) is 0 Å². The number of carbonyl (C=O) groups excluding carboxylic acids is 1. The van der Waals surface area contributed by atoms with Crippen molar-refractivity contribution < 1.29 is 19.4 Å². The van der Waals surface area contributed by atoms with Crippen LogP contribution in [-0.2, 0) is 16.0 Å². The van der Waals surface area contributed by atoms with Crippen LogP contribution in [0.5, 0.6) is 0 Å². The minimum Gasteiger partial charge on any atom is -0.481 e. The van der Waals surface area contributed by atoms with Crippen LogP contribution >= 0.6 is 11.3 Å². The van der Waals surface area contributed by atoms with Gasteiger partial charge in [0.1, 0.15) is 5.00 Å². The summed E-state index contributed by atoms with van der Waals surface area (Å²) in [6.07, 6.45) is 0.836. The maximum Gasteiger partial charge on any atom is 0.341 e. The van der Waals surface area contributed by atoms with Crippen molar-refractivity contribution >= 4 is 28.3 Å². The highest BCUT2D eigenvalue weighted by Gasteiger charge is 2.23. The monoisotopic (exact) mass is 313 g/mol. The van der Waals surface area contributed by atoms with Gasteiger partial charge in [-0.1, -0.05) is 13.8 Å². The summed E-state index contributed by atoms with van der Waals surface area (Å²) in [4.78, 5) is 26.2. The molecule has 1 unspecified atom stereocenters. The molecule has 1 N–H and O–H groups in total. The first-order chi connectivity index (χ1) is 9.94. The molecule has 0 radical (unpaired) electrons. The fourth-order valence-corrected chi connectivity index (χ4v) is 3.11. The molecule has 0 fully saturated rings. The summed E-state index contributed by atoms with van der Waals surface area (Å²) < 4.78 is 5.10. The zero-order valence-corrected chi connectivity index (χ0v) is 13.8. The number of anilines is 1. The molecule has 1 aromatic heterocycles. The van der Waals surface area contributed by atoms with E-state index in [-0.39, 0.29) is 5.97 Å². The van der Waals surface area contributed by atoms with Crippen LogP contribution in [-0.4, -0.2) is 36.7 Å². The lowest BCUT2D eigenvalue weighted by Crippen LogP contribution is -2.32. The van der Waals surface area contributed by atoms with Gasteiger partial charge in [0.15, 0.2) is 0 Å². The second kappa shape index (κ2) is 8.02. The zero-order valence-electron chi connectivity index (χ0n) is 13.0. The van der Waals surface area contributed by atoms with Gasteiger partial charge >= 0.3 is 11.9 Å². The molecule has 21 heavy (non-hydrogen) atoms. The van der Waals surface area contributed by atoms with E-state index in [0.29, 0.717) is 25.3 Å². The molecule has 6 heteroatoms. The van der Waals surface area contributed by atoms with Gasteiger partial charge in [-0.25, -0.2) is 4.79 Å². The Morgan fingerprint density at radius 2 is 2.05 bits per heavy atom. The maximum atomic E-state index is 12.1. The highest BCUT2D eigenvalue weighted by atomic mass is 32.1. The number of thiophene rings is 1. The van der Waals surface area contributed by atoms with Gasteiger partial charge in [0.05, 0.1) is 18.1 Å². The normalized spacial score (nSPS) is 12.0. The first-order valence-electron chi connectivity index (χ1n) is 7.22. The average molecular weight is 313 g/mol. The van der Waals surface area contributed by atoms with Crippen molar-refractivity contribution in [2.24, 2.45) is 5.92 Å². The van der Waals surface area contributed by atoms with Crippen LogP contribution in [0.4, 0.5) is 5.00 Å². The van der Waals surface area contributed by atoms with Gasteiger partial charge in [-0.05, 0) is 26.3 Å². The standard InChI is InChI=1S/C15H23NO4S/c1-5-11-8-12(15(19)20-7-3)13(21-11)16(6-2)9-10(4)14(17)18/h8,10H,5-7,9H2,1-4H3,(H,17,18). The van der Waals surface area contributed by atoms with Crippen molar-refractivity contribution in [3.63, 3.8) is 0 Å². The van der Waals surface area contributed by atoms with Crippen LogP contribution in [0.2, 0.25) is 0 Å². The van der Waals surface area contributed by atoms with Gasteiger partial charge in [-0.3, -0.25) is 4.79 Å². The molecular formula is C15H23NO4S. The first-order valence-corrected chi connectivity index (χ1v) is 8.03. The van der Waals surface area contributed by atoms with Crippen LogP contribution in [0.1, 0.15) is 42.9 Å². The molecule has 1 atom stereocenters. The summed E-state index contributed by atoms with van der Waals surface area (Å²) in [7, 11) is 0. The first kappa shape index (κ1) is 17.5. The molecule has 0 saturated heterocycles. The number of hydrogen-bond donors (Lipinski definition) is 1. The lowest BCUT2D eigenvalue weighted by Gasteiger charge is -2.24. The van der Waals surface area contributed by atoms with E-state index in [4.69, 9.17) is 9.84 Å². The largest absolute Gasteiger partial charge is 0.481 e. The third-order valence-corrected chi connectivity index (χ3v) is 4.53. The molecule has 0 saturated carbocycles. The van der Waals surface area contributed by atoms with Crippen LogP contribution in [0.15, 0.2) is 6.07 Å². The third-order valence-electron chi connectivity index (χ3n) is 3.19. The Hall–Kier alpha value is -1.56. The molecule has 5 nitrogen and oxygen atoms in total. The molecule has 0 aliphatic carbocycles. The minimum atomic E-state index is -0.835. The van der Waals surface area contributed by atoms with E-state index < -0.39 is 11.9 Å². The Morgan fingerprint density at radius 1 is 1.38 bits per heavy atom. The van der Waals surface area contributed by atoms with Crippen molar-refractivity contribution in [3.05, 3.63) is 16.5 Å². The Bertz CT molecular complexity index is 498. The van der Waals surface area contributed by atoms with E-state index in [0.717, 1.165) is 16.3 Å². The van der Waals surface area contributed by atoms with Crippen LogP contribution in [0, 0.1) is 5.92 Å². The van der Waals surface area contributed by atoms with Gasteiger partial charge in [0.25, 0.3) is 0 Å². The summed E-state index contributed by atoms with van der Waals surface area (Å²) in [6, 6.07) is 1.85. The number of esters is 1. The van der Waals surface area contributed by atoms with Gasteiger partial charge < -0.3 is 14.7 Å². The Balaban J connectivity index is 3.09. The van der Waals surface area contributed by atoms with E-state index in [1.807, 2.05) is 24.8 Å². The average Bonchev–Trinajstić information content (AvgIpc) is 2.88. The number of carbonyl (C=O) groups is 2. The fraction of sp³-hybridized carbons (Fsp3) is 0.600. The number of aryl methyl sites for hydroxylation is 1. The van der Waals surface area contributed by atoms with Crippen molar-refractivity contribution in [2.45, 2.75) is 34.1 Å². The lowest BCUT2D eigenvalue weighted by molar-refractivity contribution is -0.140. The molecule has 0 amide bonds. The van der Waals surface area contributed by atoms with Crippen molar-refractivity contribution in [1.29, 1.82) is 0 Å². The number of nitrogens with zero attached hydrogens (tertiary/aromatic N) is 1. The number of hydrogen-bond acceptors (Lipinski definition) is 5. The molecule has 0 bridgehead atoms. The predicted octanol–water partition coefficient (Wildman–Crippen LogP) is 3.03. The molecule has 118 valence electrons. The molecule has 1 aromatic rings. The number of carboxylic acids is 1. The molecule has 1 heterocycles. The SMILES string of the molecule is CCOC(=O)c1cc(CC)sc1N(CC)CC(C)C(=O)O. The summed E-state index contributed by atoms with van der Waals surface area (Å²) in [5, 5.41) is 9.88. The van der Waals surface area contributed by atoms with Gasteiger partial charge in [-0.15, -0.1) is 11.3 Å². The number of rotatable bonds is 8. The minimum absolute atomic E-state index is 0.327.